The average molecular weight is 276 g/mol. The molecule has 0 aromatic heterocycles. The lowest BCUT2D eigenvalue weighted by Gasteiger charge is -2.08. The van der Waals surface area contributed by atoms with Crippen molar-refractivity contribution in [2.45, 2.75) is 9.79 Å². The summed E-state index contributed by atoms with van der Waals surface area (Å²) >= 11 is 1.32. The molecule has 0 amide bonds. The monoisotopic (exact) mass is 276 g/mol. The fraction of sp³-hybridized carbons (Fsp3) is 0.0714. The smallest absolute Gasteiger partial charge is 0.336 e. The zero-order chi connectivity index (χ0) is 13.8. The maximum absolute atomic E-state index is 11.2. The number of phenolic OH excluding ortho intramolecular Hbond substituents is 1. The largest absolute Gasteiger partial charge is 0.508 e. The first kappa shape index (κ1) is 13.3. The molecule has 2 aromatic rings. The number of carbonyl (C=O) groups is 1. The molecule has 0 aliphatic heterocycles. The number of methoxy groups -OCH3 is 1. The topological polar surface area (TPSA) is 66.8 Å². The predicted octanol–water partition coefficient (Wildman–Crippen LogP) is 3.25. The van der Waals surface area contributed by atoms with Crippen LogP contribution in [0.4, 0.5) is 0 Å². The summed E-state index contributed by atoms with van der Waals surface area (Å²) in [5.41, 5.74) is 0.192. The van der Waals surface area contributed by atoms with Crippen molar-refractivity contribution in [1.29, 1.82) is 0 Å². The average Bonchev–Trinajstić information content (AvgIpc) is 2.41. The number of rotatable bonds is 4. The summed E-state index contributed by atoms with van der Waals surface area (Å²) in [6, 6.07) is 11.5. The highest BCUT2D eigenvalue weighted by Crippen LogP contribution is 2.33. The molecular formula is C14H12O4S. The first-order valence-corrected chi connectivity index (χ1v) is 6.30. The number of aromatic hydroxyl groups is 1. The Morgan fingerprint density at radius 2 is 1.84 bits per heavy atom. The second-order valence-electron chi connectivity index (χ2n) is 3.76. The van der Waals surface area contributed by atoms with E-state index in [0.29, 0.717) is 10.6 Å². The van der Waals surface area contributed by atoms with E-state index in [2.05, 4.69) is 0 Å². The predicted molar refractivity (Wildman–Crippen MR) is 72.2 cm³/mol. The number of aromatic carboxylic acids is 1. The number of hydrogen-bond donors (Lipinski definition) is 2. The Labute approximate surface area is 114 Å². The molecule has 0 unspecified atom stereocenters. The minimum atomic E-state index is -1.000. The molecule has 2 aromatic carbocycles. The third-order valence-corrected chi connectivity index (χ3v) is 3.57. The van der Waals surface area contributed by atoms with Crippen LogP contribution in [0.2, 0.25) is 0 Å². The molecule has 0 saturated heterocycles. The fourth-order valence-electron chi connectivity index (χ4n) is 1.53. The summed E-state index contributed by atoms with van der Waals surface area (Å²) in [7, 11) is 1.49. The second-order valence-corrected chi connectivity index (χ2v) is 4.88. The first-order valence-electron chi connectivity index (χ1n) is 5.48. The van der Waals surface area contributed by atoms with Gasteiger partial charge in [0.1, 0.15) is 11.5 Å². The van der Waals surface area contributed by atoms with Crippen molar-refractivity contribution in [1.82, 2.24) is 0 Å². The molecule has 2 rings (SSSR count). The molecule has 0 radical (unpaired) electrons. The highest BCUT2D eigenvalue weighted by atomic mass is 32.2. The maximum atomic E-state index is 11.2. The van der Waals surface area contributed by atoms with Gasteiger partial charge in [-0.3, -0.25) is 0 Å². The van der Waals surface area contributed by atoms with Gasteiger partial charge >= 0.3 is 5.97 Å². The van der Waals surface area contributed by atoms with Crippen LogP contribution in [-0.2, 0) is 0 Å². The van der Waals surface area contributed by atoms with Gasteiger partial charge in [0, 0.05) is 9.79 Å². The molecule has 0 saturated carbocycles. The minimum absolute atomic E-state index is 0.178. The highest BCUT2D eigenvalue weighted by molar-refractivity contribution is 7.99. The highest BCUT2D eigenvalue weighted by Gasteiger charge is 2.12. The summed E-state index contributed by atoms with van der Waals surface area (Å²) < 4.78 is 5.02. The molecule has 19 heavy (non-hydrogen) atoms. The first-order chi connectivity index (χ1) is 9.10. The molecule has 98 valence electrons. The molecule has 0 fully saturated rings. The van der Waals surface area contributed by atoms with Gasteiger partial charge in [0.15, 0.2) is 0 Å². The van der Waals surface area contributed by atoms with Crippen LogP contribution in [0, 0.1) is 0 Å². The summed E-state index contributed by atoms with van der Waals surface area (Å²) in [4.78, 5) is 12.7. The molecule has 0 heterocycles. The Morgan fingerprint density at radius 1 is 1.16 bits per heavy atom. The van der Waals surface area contributed by atoms with Crippen LogP contribution in [0.1, 0.15) is 10.4 Å². The molecule has 0 atom stereocenters. The van der Waals surface area contributed by atoms with Crippen LogP contribution in [0.15, 0.2) is 52.3 Å². The normalized spacial score (nSPS) is 10.2. The zero-order valence-corrected chi connectivity index (χ0v) is 11.0. The van der Waals surface area contributed by atoms with E-state index in [0.717, 1.165) is 4.90 Å². The summed E-state index contributed by atoms with van der Waals surface area (Å²) in [5.74, 6) is -0.315. The fourth-order valence-corrected chi connectivity index (χ4v) is 2.45. The van der Waals surface area contributed by atoms with E-state index < -0.39 is 5.97 Å². The van der Waals surface area contributed by atoms with Crippen molar-refractivity contribution in [3.63, 3.8) is 0 Å². The van der Waals surface area contributed by atoms with Crippen LogP contribution < -0.4 is 4.74 Å². The third-order valence-electron chi connectivity index (χ3n) is 2.48. The zero-order valence-electron chi connectivity index (χ0n) is 10.2. The van der Waals surface area contributed by atoms with E-state index in [1.807, 2.05) is 0 Å². The van der Waals surface area contributed by atoms with Crippen molar-refractivity contribution in [2.24, 2.45) is 0 Å². The van der Waals surface area contributed by atoms with Crippen molar-refractivity contribution < 1.29 is 19.7 Å². The van der Waals surface area contributed by atoms with Crippen molar-refractivity contribution >= 4 is 17.7 Å². The molecule has 0 bridgehead atoms. The van der Waals surface area contributed by atoms with E-state index in [1.165, 1.54) is 24.9 Å². The second kappa shape index (κ2) is 5.67. The van der Waals surface area contributed by atoms with Gasteiger partial charge in [-0.1, -0.05) is 11.8 Å². The molecular weight excluding hydrogens is 264 g/mol. The summed E-state index contributed by atoms with van der Waals surface area (Å²) in [6.07, 6.45) is 0. The lowest BCUT2D eigenvalue weighted by Crippen LogP contribution is -1.99. The number of ether oxygens (including phenoxy) is 1. The Kier molecular flexibility index (Phi) is 3.97. The van der Waals surface area contributed by atoms with Gasteiger partial charge in [0.25, 0.3) is 0 Å². The van der Waals surface area contributed by atoms with Gasteiger partial charge in [-0.25, -0.2) is 4.79 Å². The third kappa shape index (κ3) is 3.20. The maximum Gasteiger partial charge on any atom is 0.336 e. The number of phenols is 1. The summed E-state index contributed by atoms with van der Waals surface area (Å²) in [6.45, 7) is 0. The molecule has 0 spiro atoms. The quantitative estimate of drug-likeness (QED) is 0.897. The molecule has 4 nitrogen and oxygen atoms in total. The van der Waals surface area contributed by atoms with Crippen LogP contribution in [0.25, 0.3) is 0 Å². The van der Waals surface area contributed by atoms with E-state index >= 15 is 0 Å². The lowest BCUT2D eigenvalue weighted by molar-refractivity contribution is 0.0692. The molecule has 5 heteroatoms. The van der Waals surface area contributed by atoms with Crippen LogP contribution in [-0.4, -0.2) is 23.3 Å². The number of carboxylic acids is 1. The number of hydrogen-bond acceptors (Lipinski definition) is 4. The van der Waals surface area contributed by atoms with E-state index in [-0.39, 0.29) is 11.3 Å². The van der Waals surface area contributed by atoms with E-state index in [4.69, 9.17) is 4.74 Å². The van der Waals surface area contributed by atoms with Gasteiger partial charge in [0.2, 0.25) is 0 Å². The minimum Gasteiger partial charge on any atom is -0.508 e. The van der Waals surface area contributed by atoms with Crippen molar-refractivity contribution in [3.8, 4) is 11.5 Å². The molecule has 0 aliphatic rings. The van der Waals surface area contributed by atoms with Crippen LogP contribution in [0.5, 0.6) is 11.5 Å². The van der Waals surface area contributed by atoms with Gasteiger partial charge in [-0.15, -0.1) is 0 Å². The van der Waals surface area contributed by atoms with E-state index in [1.54, 1.807) is 36.4 Å². The van der Waals surface area contributed by atoms with Crippen LogP contribution in [0.3, 0.4) is 0 Å². The summed E-state index contributed by atoms with van der Waals surface area (Å²) in [5, 5.41) is 18.4. The Bertz CT molecular complexity index is 593. The SMILES string of the molecule is COc1ccc(Sc2ccc(O)cc2)c(C(=O)O)c1. The van der Waals surface area contributed by atoms with Gasteiger partial charge in [-0.2, -0.15) is 0 Å². The Balaban J connectivity index is 2.33. The molecule has 0 aliphatic carbocycles. The number of carboxylic acid groups (broad SMARTS) is 1. The lowest BCUT2D eigenvalue weighted by atomic mass is 10.2. The number of benzene rings is 2. The van der Waals surface area contributed by atoms with Crippen LogP contribution >= 0.6 is 11.8 Å². The molecule has 2 N–H and O–H groups in total. The van der Waals surface area contributed by atoms with Gasteiger partial charge < -0.3 is 14.9 Å². The van der Waals surface area contributed by atoms with Crippen molar-refractivity contribution in [3.05, 3.63) is 48.0 Å². The van der Waals surface area contributed by atoms with E-state index in [9.17, 15) is 15.0 Å². The van der Waals surface area contributed by atoms with Crippen molar-refractivity contribution in [2.75, 3.05) is 7.11 Å². The van der Waals surface area contributed by atoms with Gasteiger partial charge in [-0.05, 0) is 42.5 Å². The van der Waals surface area contributed by atoms with Gasteiger partial charge in [0.05, 0.1) is 12.7 Å². The standard InChI is InChI=1S/C14H12O4S/c1-18-10-4-7-13(12(8-10)14(16)17)19-11-5-2-9(15)3-6-11/h2-8,15H,1H3,(H,16,17). The Hall–Kier alpha value is -2.14. The Morgan fingerprint density at radius 3 is 2.42 bits per heavy atom.